The fourth-order valence-electron chi connectivity index (χ4n) is 1.62. The monoisotopic (exact) mass is 176 g/mol. The molecule has 0 amide bonds. The first-order chi connectivity index (χ1) is 6.38. The number of hydrogen-bond acceptors (Lipinski definition) is 3. The van der Waals surface area contributed by atoms with E-state index in [1.54, 1.807) is 18.5 Å². The summed E-state index contributed by atoms with van der Waals surface area (Å²) in [5, 5.41) is 3.18. The number of carbonyl (C=O) groups is 1. The molecule has 1 aromatic rings. The number of Topliss-reactive ketones (excluding diaryl/α,β-unsaturated/α-hetero) is 1. The van der Waals surface area contributed by atoms with Gasteiger partial charge in [0.1, 0.15) is 0 Å². The highest BCUT2D eigenvalue weighted by atomic mass is 16.1. The lowest BCUT2D eigenvalue weighted by molar-refractivity contribution is 0.0952. The van der Waals surface area contributed by atoms with Gasteiger partial charge in [-0.15, -0.1) is 0 Å². The molecule has 0 aromatic carbocycles. The highest BCUT2D eigenvalue weighted by Gasteiger charge is 2.22. The highest BCUT2D eigenvalue weighted by molar-refractivity contribution is 5.99. The van der Waals surface area contributed by atoms with Gasteiger partial charge in [0, 0.05) is 18.0 Å². The van der Waals surface area contributed by atoms with E-state index in [0.29, 0.717) is 5.56 Å². The third-order valence-corrected chi connectivity index (χ3v) is 2.32. The summed E-state index contributed by atoms with van der Waals surface area (Å²) in [6, 6.07) is 3.63. The zero-order valence-electron chi connectivity index (χ0n) is 7.36. The van der Waals surface area contributed by atoms with Crippen molar-refractivity contribution in [1.82, 2.24) is 10.3 Å². The minimum Gasteiger partial charge on any atom is -0.307 e. The molecule has 1 fully saturated rings. The van der Waals surface area contributed by atoms with Gasteiger partial charge in [-0.3, -0.25) is 9.78 Å². The molecule has 0 bridgehead atoms. The van der Waals surface area contributed by atoms with Gasteiger partial charge in [-0.2, -0.15) is 0 Å². The molecular formula is C10H12N2O. The molecule has 3 heteroatoms. The predicted molar refractivity (Wildman–Crippen MR) is 49.6 cm³/mol. The second-order valence-corrected chi connectivity index (χ2v) is 3.25. The van der Waals surface area contributed by atoms with Crippen molar-refractivity contribution >= 4 is 5.78 Å². The lowest BCUT2D eigenvalue weighted by Gasteiger charge is -2.07. The van der Waals surface area contributed by atoms with Gasteiger partial charge in [-0.1, -0.05) is 0 Å². The normalized spacial score (nSPS) is 21.7. The van der Waals surface area contributed by atoms with E-state index in [2.05, 4.69) is 10.3 Å². The molecule has 68 valence electrons. The van der Waals surface area contributed by atoms with E-state index in [1.807, 2.05) is 6.07 Å². The van der Waals surface area contributed by atoms with Crippen LogP contribution in [-0.2, 0) is 0 Å². The van der Waals surface area contributed by atoms with Crippen LogP contribution in [0.25, 0.3) is 0 Å². The van der Waals surface area contributed by atoms with Gasteiger partial charge < -0.3 is 5.32 Å². The van der Waals surface area contributed by atoms with E-state index >= 15 is 0 Å². The first-order valence-electron chi connectivity index (χ1n) is 4.55. The molecule has 2 heterocycles. The van der Waals surface area contributed by atoms with Crippen molar-refractivity contribution < 1.29 is 4.79 Å². The highest BCUT2D eigenvalue weighted by Crippen LogP contribution is 2.10. The van der Waals surface area contributed by atoms with Crippen molar-refractivity contribution in [2.45, 2.75) is 18.9 Å². The Hall–Kier alpha value is -1.22. The van der Waals surface area contributed by atoms with E-state index < -0.39 is 0 Å². The minimum absolute atomic E-state index is 0.0178. The van der Waals surface area contributed by atoms with Gasteiger partial charge >= 0.3 is 0 Å². The molecule has 0 unspecified atom stereocenters. The molecule has 1 N–H and O–H groups in total. The van der Waals surface area contributed by atoms with Crippen molar-refractivity contribution in [3.05, 3.63) is 30.1 Å². The fourth-order valence-corrected chi connectivity index (χ4v) is 1.62. The molecule has 1 saturated heterocycles. The Bertz CT molecular complexity index is 291. The molecular weight excluding hydrogens is 164 g/mol. The summed E-state index contributed by atoms with van der Waals surface area (Å²) >= 11 is 0. The summed E-state index contributed by atoms with van der Waals surface area (Å²) in [6.07, 6.45) is 5.35. The zero-order valence-corrected chi connectivity index (χ0v) is 7.36. The van der Waals surface area contributed by atoms with Crippen LogP contribution in [0, 0.1) is 0 Å². The Labute approximate surface area is 77.2 Å². The minimum atomic E-state index is 0.0178. The lowest BCUT2D eigenvalue weighted by atomic mass is 10.1. The van der Waals surface area contributed by atoms with Crippen molar-refractivity contribution in [3.63, 3.8) is 0 Å². The maximum absolute atomic E-state index is 11.7. The molecule has 0 aliphatic carbocycles. The molecule has 1 atom stereocenters. The van der Waals surface area contributed by atoms with E-state index in [0.717, 1.165) is 19.4 Å². The van der Waals surface area contributed by atoms with E-state index in [4.69, 9.17) is 0 Å². The van der Waals surface area contributed by atoms with Gasteiger partial charge in [-0.25, -0.2) is 0 Å². The third-order valence-electron chi connectivity index (χ3n) is 2.32. The first-order valence-corrected chi connectivity index (χ1v) is 4.55. The lowest BCUT2D eigenvalue weighted by Crippen LogP contribution is -2.30. The van der Waals surface area contributed by atoms with Crippen LogP contribution in [0.4, 0.5) is 0 Å². The van der Waals surface area contributed by atoms with Crippen LogP contribution in [0.15, 0.2) is 24.5 Å². The van der Waals surface area contributed by atoms with Crippen LogP contribution in [0.2, 0.25) is 0 Å². The number of hydrogen-bond donors (Lipinski definition) is 1. The van der Waals surface area contributed by atoms with Crippen LogP contribution in [0.1, 0.15) is 23.2 Å². The molecule has 1 aromatic heterocycles. The van der Waals surface area contributed by atoms with Crippen LogP contribution in [0.3, 0.4) is 0 Å². The van der Waals surface area contributed by atoms with E-state index in [1.165, 1.54) is 0 Å². The van der Waals surface area contributed by atoms with Crippen molar-refractivity contribution in [3.8, 4) is 0 Å². The van der Waals surface area contributed by atoms with Crippen LogP contribution in [-0.4, -0.2) is 23.4 Å². The molecule has 1 aliphatic rings. The van der Waals surface area contributed by atoms with Crippen molar-refractivity contribution in [1.29, 1.82) is 0 Å². The Morgan fingerprint density at radius 3 is 3.15 bits per heavy atom. The van der Waals surface area contributed by atoms with Gasteiger partial charge in [-0.05, 0) is 31.5 Å². The molecule has 13 heavy (non-hydrogen) atoms. The Kier molecular flexibility index (Phi) is 2.36. The van der Waals surface area contributed by atoms with Gasteiger partial charge in [0.05, 0.1) is 6.04 Å². The molecule has 2 rings (SSSR count). The predicted octanol–water partition coefficient (Wildman–Crippen LogP) is 1.02. The number of aromatic nitrogens is 1. The number of pyridine rings is 1. The van der Waals surface area contributed by atoms with Crippen LogP contribution >= 0.6 is 0 Å². The average Bonchev–Trinajstić information content (AvgIpc) is 2.71. The number of rotatable bonds is 2. The van der Waals surface area contributed by atoms with Crippen LogP contribution < -0.4 is 5.32 Å². The molecule has 3 nitrogen and oxygen atoms in total. The standard InChI is InChI=1S/C10H12N2O/c13-10(9-4-2-6-12-9)8-3-1-5-11-7-8/h1,3,5,7,9,12H,2,4,6H2/t9-/m0/s1. The quantitative estimate of drug-likeness (QED) is 0.684. The summed E-state index contributed by atoms with van der Waals surface area (Å²) in [7, 11) is 0. The molecule has 0 saturated carbocycles. The summed E-state index contributed by atoms with van der Waals surface area (Å²) in [6.45, 7) is 0.955. The zero-order chi connectivity index (χ0) is 9.10. The third kappa shape index (κ3) is 1.75. The largest absolute Gasteiger partial charge is 0.307 e. The second-order valence-electron chi connectivity index (χ2n) is 3.25. The Morgan fingerprint density at radius 2 is 2.54 bits per heavy atom. The first kappa shape index (κ1) is 8.38. The Balaban J connectivity index is 2.13. The average molecular weight is 176 g/mol. The Morgan fingerprint density at radius 1 is 1.62 bits per heavy atom. The number of ketones is 1. The SMILES string of the molecule is O=C(c1cccnc1)[C@@H]1CCCN1. The number of nitrogens with one attached hydrogen (secondary N) is 1. The van der Waals surface area contributed by atoms with Gasteiger partial charge in [0.25, 0.3) is 0 Å². The van der Waals surface area contributed by atoms with Gasteiger partial charge in [0.15, 0.2) is 5.78 Å². The van der Waals surface area contributed by atoms with Crippen LogP contribution in [0.5, 0.6) is 0 Å². The summed E-state index contributed by atoms with van der Waals surface area (Å²) in [5.74, 6) is 0.172. The maximum atomic E-state index is 11.7. The topological polar surface area (TPSA) is 42.0 Å². The van der Waals surface area contributed by atoms with Crippen molar-refractivity contribution in [2.24, 2.45) is 0 Å². The van der Waals surface area contributed by atoms with Crippen molar-refractivity contribution in [2.75, 3.05) is 6.54 Å². The summed E-state index contributed by atoms with van der Waals surface area (Å²) in [4.78, 5) is 15.7. The molecule has 0 radical (unpaired) electrons. The molecule has 0 spiro atoms. The smallest absolute Gasteiger partial charge is 0.181 e. The number of carbonyl (C=O) groups excluding carboxylic acids is 1. The summed E-state index contributed by atoms with van der Waals surface area (Å²) < 4.78 is 0. The van der Waals surface area contributed by atoms with E-state index in [-0.39, 0.29) is 11.8 Å². The van der Waals surface area contributed by atoms with E-state index in [9.17, 15) is 4.79 Å². The second kappa shape index (κ2) is 3.66. The summed E-state index contributed by atoms with van der Waals surface area (Å²) in [5.41, 5.74) is 0.710. The fraction of sp³-hybridized carbons (Fsp3) is 0.400. The molecule has 1 aliphatic heterocycles. The van der Waals surface area contributed by atoms with Gasteiger partial charge in [0.2, 0.25) is 0 Å². The number of nitrogens with zero attached hydrogens (tertiary/aromatic N) is 1. The maximum Gasteiger partial charge on any atom is 0.181 e.